The lowest BCUT2D eigenvalue weighted by Gasteiger charge is -2.04. The van der Waals surface area contributed by atoms with Gasteiger partial charge in [0.05, 0.1) is 5.56 Å². The summed E-state index contributed by atoms with van der Waals surface area (Å²) < 4.78 is 0.429. The van der Waals surface area contributed by atoms with Crippen LogP contribution in [-0.4, -0.2) is 11.0 Å². The first-order valence-corrected chi connectivity index (χ1v) is 3.87. The third-order valence-electron chi connectivity index (χ3n) is 1.32. The number of hydrogen-bond acceptors (Lipinski definition) is 3. The van der Waals surface area contributed by atoms with Crippen LogP contribution in [0.15, 0.2) is 17.5 Å². The van der Waals surface area contributed by atoms with Crippen LogP contribution in [0.3, 0.4) is 0 Å². The summed E-state index contributed by atoms with van der Waals surface area (Å²) in [6, 6.07) is 0. The molecule has 13 heavy (non-hydrogen) atoms. The topological polar surface area (TPSA) is 85.5 Å². The monoisotopic (exact) mass is 221 g/mol. The third kappa shape index (κ3) is 1.93. The van der Waals surface area contributed by atoms with Gasteiger partial charge in [-0.05, 0) is 0 Å². The van der Waals surface area contributed by atoms with Crippen LogP contribution < -0.4 is 10.5 Å². The number of nitrogens with zero attached hydrogens (tertiary/aromatic N) is 2. The Kier molecular flexibility index (Phi) is 2.79. The van der Waals surface area contributed by atoms with Gasteiger partial charge in [0, 0.05) is 0 Å². The molecule has 7 heteroatoms. The zero-order chi connectivity index (χ0) is 10.0. The predicted octanol–water partition coefficient (Wildman–Crippen LogP) is 0.721. The molecular formula is C6H5Cl2N3O2. The molecule has 0 bridgehead atoms. The second-order valence-corrected chi connectivity index (χ2v) is 2.99. The molecule has 0 aliphatic carbocycles. The van der Waals surface area contributed by atoms with E-state index in [0.717, 1.165) is 12.4 Å². The fourth-order valence-electron chi connectivity index (χ4n) is 0.799. The van der Waals surface area contributed by atoms with Gasteiger partial charge in [-0.1, -0.05) is 28.4 Å². The number of rotatable bonds is 1. The molecule has 0 aromatic carbocycles. The van der Waals surface area contributed by atoms with Gasteiger partial charge in [-0.25, -0.2) is 0 Å². The number of oxime groups is 1. The predicted molar refractivity (Wildman–Crippen MR) is 47.9 cm³/mol. The largest absolute Gasteiger partial charge is 0.619 e. The van der Waals surface area contributed by atoms with Gasteiger partial charge >= 0.3 is 0 Å². The van der Waals surface area contributed by atoms with Crippen LogP contribution in [0.25, 0.3) is 0 Å². The van der Waals surface area contributed by atoms with Gasteiger partial charge in [0.25, 0.3) is 0 Å². The van der Waals surface area contributed by atoms with E-state index < -0.39 is 0 Å². The first kappa shape index (κ1) is 9.88. The second kappa shape index (κ2) is 3.68. The second-order valence-electron chi connectivity index (χ2n) is 2.17. The van der Waals surface area contributed by atoms with Crippen molar-refractivity contribution in [2.75, 3.05) is 0 Å². The molecule has 0 amide bonds. The molecule has 1 heterocycles. The highest BCUT2D eigenvalue weighted by Gasteiger charge is 2.14. The van der Waals surface area contributed by atoms with Crippen LogP contribution in [0, 0.1) is 5.21 Å². The number of aromatic nitrogens is 1. The van der Waals surface area contributed by atoms with Crippen molar-refractivity contribution < 1.29 is 9.94 Å². The maximum atomic E-state index is 10.8. The SMILES string of the molecule is NC(=NO)c1c(Cl)c[n+]([O-])cc1Cl. The third-order valence-corrected chi connectivity index (χ3v) is 1.90. The molecule has 0 aliphatic rings. The molecule has 3 N–H and O–H groups in total. The molecule has 0 aliphatic heterocycles. The van der Waals surface area contributed by atoms with Crippen LogP contribution in [0.1, 0.15) is 5.56 Å². The van der Waals surface area contributed by atoms with Crippen molar-refractivity contribution in [3.8, 4) is 0 Å². The molecule has 0 spiro atoms. The molecule has 0 saturated carbocycles. The van der Waals surface area contributed by atoms with Gasteiger partial charge in [-0.3, -0.25) is 0 Å². The van der Waals surface area contributed by atoms with E-state index in [4.69, 9.17) is 34.1 Å². The Morgan fingerprint density at radius 1 is 1.46 bits per heavy atom. The van der Waals surface area contributed by atoms with Gasteiger partial charge in [0.1, 0.15) is 10.0 Å². The minimum Gasteiger partial charge on any atom is -0.619 e. The molecule has 0 radical (unpaired) electrons. The van der Waals surface area contributed by atoms with Gasteiger partial charge in [0.15, 0.2) is 18.2 Å². The van der Waals surface area contributed by atoms with Gasteiger partial charge < -0.3 is 16.1 Å². The summed E-state index contributed by atoms with van der Waals surface area (Å²) >= 11 is 11.3. The van der Waals surface area contributed by atoms with Gasteiger partial charge in [-0.15, -0.1) is 0 Å². The maximum Gasteiger partial charge on any atom is 0.199 e. The van der Waals surface area contributed by atoms with Gasteiger partial charge in [-0.2, -0.15) is 4.73 Å². The standard InChI is InChI=1S/C6H5Cl2N3O2/c7-3-1-11(13)2-4(8)5(3)6(9)10-12/h1-2,12H,(H2,9,10). The summed E-state index contributed by atoms with van der Waals surface area (Å²) in [4.78, 5) is 0. The number of hydrogen-bond donors (Lipinski definition) is 2. The van der Waals surface area contributed by atoms with Crippen molar-refractivity contribution in [2.24, 2.45) is 10.9 Å². The van der Waals surface area contributed by atoms with Crippen molar-refractivity contribution in [1.29, 1.82) is 0 Å². The van der Waals surface area contributed by atoms with Crippen molar-refractivity contribution in [3.05, 3.63) is 33.2 Å². The van der Waals surface area contributed by atoms with Crippen molar-refractivity contribution >= 4 is 29.0 Å². The Morgan fingerprint density at radius 3 is 2.31 bits per heavy atom. The van der Waals surface area contributed by atoms with Crippen LogP contribution in [0.4, 0.5) is 0 Å². The van der Waals surface area contributed by atoms with Crippen molar-refractivity contribution in [3.63, 3.8) is 0 Å². The highest BCUT2D eigenvalue weighted by Crippen LogP contribution is 2.21. The summed E-state index contributed by atoms with van der Waals surface area (Å²) in [6.45, 7) is 0. The van der Waals surface area contributed by atoms with Crippen LogP contribution >= 0.6 is 23.2 Å². The van der Waals surface area contributed by atoms with Crippen LogP contribution in [-0.2, 0) is 0 Å². The van der Waals surface area contributed by atoms with E-state index in [1.54, 1.807) is 0 Å². The van der Waals surface area contributed by atoms with E-state index >= 15 is 0 Å². The highest BCUT2D eigenvalue weighted by atomic mass is 35.5. The van der Waals surface area contributed by atoms with E-state index in [1.807, 2.05) is 0 Å². The molecule has 5 nitrogen and oxygen atoms in total. The molecule has 0 atom stereocenters. The molecule has 1 rings (SSSR count). The Balaban J connectivity index is 3.37. The van der Waals surface area contributed by atoms with E-state index in [0.29, 0.717) is 4.73 Å². The minimum atomic E-state index is -0.240. The Labute approximate surface area is 83.6 Å². The summed E-state index contributed by atoms with van der Waals surface area (Å²) in [6.07, 6.45) is 2.11. The average molecular weight is 222 g/mol. The summed E-state index contributed by atoms with van der Waals surface area (Å²) in [7, 11) is 0. The Hall–Kier alpha value is -1.20. The first-order chi connectivity index (χ1) is 6.06. The summed E-state index contributed by atoms with van der Waals surface area (Å²) in [5, 5.41) is 21.9. The number of amidine groups is 1. The number of pyridine rings is 1. The van der Waals surface area contributed by atoms with E-state index in [2.05, 4.69) is 5.16 Å². The minimum absolute atomic E-state index is 0.0257. The lowest BCUT2D eigenvalue weighted by Crippen LogP contribution is -2.27. The summed E-state index contributed by atoms with van der Waals surface area (Å²) in [5.74, 6) is -0.240. The van der Waals surface area contributed by atoms with Crippen molar-refractivity contribution in [1.82, 2.24) is 0 Å². The smallest absolute Gasteiger partial charge is 0.199 e. The average Bonchev–Trinajstić information content (AvgIpc) is 2.02. The van der Waals surface area contributed by atoms with Gasteiger partial charge in [0.2, 0.25) is 0 Å². The number of halogens is 2. The zero-order valence-corrected chi connectivity index (χ0v) is 7.75. The molecule has 0 fully saturated rings. The molecule has 0 unspecified atom stereocenters. The highest BCUT2D eigenvalue weighted by molar-refractivity contribution is 6.39. The quantitative estimate of drug-likeness (QED) is 0.183. The Morgan fingerprint density at radius 2 is 1.92 bits per heavy atom. The lowest BCUT2D eigenvalue weighted by atomic mass is 10.2. The summed E-state index contributed by atoms with van der Waals surface area (Å²) in [5.41, 5.74) is 5.40. The normalized spacial score (nSPS) is 11.7. The van der Waals surface area contributed by atoms with E-state index in [-0.39, 0.29) is 21.4 Å². The molecule has 0 saturated heterocycles. The molecule has 1 aromatic rings. The zero-order valence-electron chi connectivity index (χ0n) is 6.24. The fourth-order valence-corrected chi connectivity index (χ4v) is 1.44. The Bertz CT molecular complexity index is 344. The van der Waals surface area contributed by atoms with E-state index in [1.165, 1.54) is 0 Å². The van der Waals surface area contributed by atoms with Crippen molar-refractivity contribution in [2.45, 2.75) is 0 Å². The lowest BCUT2D eigenvalue weighted by molar-refractivity contribution is -0.605. The first-order valence-electron chi connectivity index (χ1n) is 3.12. The molecule has 70 valence electrons. The van der Waals surface area contributed by atoms with Crippen LogP contribution in [0.5, 0.6) is 0 Å². The maximum absolute atomic E-state index is 10.8. The van der Waals surface area contributed by atoms with E-state index in [9.17, 15) is 5.21 Å². The molecular weight excluding hydrogens is 217 g/mol. The fraction of sp³-hybridized carbons (Fsp3) is 0. The number of nitrogens with two attached hydrogens (primary N) is 1. The molecule has 1 aromatic heterocycles. The van der Waals surface area contributed by atoms with Crippen LogP contribution in [0.2, 0.25) is 10.0 Å².